The zero-order valence-corrected chi connectivity index (χ0v) is 18.7. The molecule has 0 aliphatic carbocycles. The zero-order valence-electron chi connectivity index (χ0n) is 17.9. The Labute approximate surface area is 188 Å². The zero-order chi connectivity index (χ0) is 23.5. The highest BCUT2D eigenvalue weighted by Gasteiger charge is 2.32. The van der Waals surface area contributed by atoms with E-state index in [4.69, 9.17) is 21.1 Å². The van der Waals surface area contributed by atoms with Gasteiger partial charge >= 0.3 is 6.18 Å². The molecule has 32 heavy (non-hydrogen) atoms. The van der Waals surface area contributed by atoms with E-state index in [2.05, 4.69) is 19.9 Å². The molecule has 0 unspecified atom stereocenters. The van der Waals surface area contributed by atoms with Crippen LogP contribution in [0.4, 0.5) is 13.2 Å². The molecule has 0 aromatic carbocycles. The minimum Gasteiger partial charge on any atom is -0.495 e. The fourth-order valence-electron chi connectivity index (χ4n) is 2.96. The van der Waals surface area contributed by atoms with Gasteiger partial charge in [0.2, 0.25) is 5.88 Å². The SMILES string of the molecule is COc1ccc([C@@H](C)[C@H](C)COc2nc(C)ncc2-c2cc(C(F)(F)F)cnc2Cl)nc1. The highest BCUT2D eigenvalue weighted by Crippen LogP contribution is 2.37. The lowest BCUT2D eigenvalue weighted by Crippen LogP contribution is -2.17. The molecule has 3 aromatic rings. The van der Waals surface area contributed by atoms with Crippen LogP contribution in [0, 0.1) is 12.8 Å². The predicted octanol–water partition coefficient (Wildman–Crippen LogP) is 5.74. The second-order valence-corrected chi connectivity index (χ2v) is 7.75. The number of aryl methyl sites for hydroxylation is 1. The summed E-state index contributed by atoms with van der Waals surface area (Å²) in [4.78, 5) is 16.5. The van der Waals surface area contributed by atoms with Gasteiger partial charge in [0.05, 0.1) is 31.0 Å². The normalized spacial score (nSPS) is 13.5. The Morgan fingerprint density at radius 2 is 1.78 bits per heavy atom. The van der Waals surface area contributed by atoms with Gasteiger partial charge in [0.15, 0.2) is 0 Å². The summed E-state index contributed by atoms with van der Waals surface area (Å²) in [5.41, 5.74) is 0.234. The monoisotopic (exact) mass is 466 g/mol. The van der Waals surface area contributed by atoms with Crippen molar-refractivity contribution < 1.29 is 22.6 Å². The van der Waals surface area contributed by atoms with Gasteiger partial charge in [-0.15, -0.1) is 0 Å². The van der Waals surface area contributed by atoms with Gasteiger partial charge in [-0.05, 0) is 31.0 Å². The number of halogens is 4. The molecule has 0 aliphatic rings. The first-order valence-corrected chi connectivity index (χ1v) is 10.2. The van der Waals surface area contributed by atoms with Crippen molar-refractivity contribution in [3.05, 3.63) is 59.0 Å². The van der Waals surface area contributed by atoms with Crippen LogP contribution in [-0.2, 0) is 6.18 Å². The Morgan fingerprint density at radius 1 is 1.03 bits per heavy atom. The molecule has 3 aromatic heterocycles. The molecule has 0 radical (unpaired) electrons. The number of aromatic nitrogens is 4. The van der Waals surface area contributed by atoms with Crippen LogP contribution in [0.2, 0.25) is 5.15 Å². The summed E-state index contributed by atoms with van der Waals surface area (Å²) in [6.45, 7) is 5.92. The summed E-state index contributed by atoms with van der Waals surface area (Å²) in [7, 11) is 1.57. The molecule has 0 saturated heterocycles. The third-order valence-corrected chi connectivity index (χ3v) is 5.43. The Hall–Kier alpha value is -2.94. The lowest BCUT2D eigenvalue weighted by molar-refractivity contribution is -0.137. The highest BCUT2D eigenvalue weighted by molar-refractivity contribution is 6.32. The number of hydrogen-bond acceptors (Lipinski definition) is 6. The van der Waals surface area contributed by atoms with Crippen LogP contribution < -0.4 is 9.47 Å². The van der Waals surface area contributed by atoms with Gasteiger partial charge < -0.3 is 9.47 Å². The summed E-state index contributed by atoms with van der Waals surface area (Å²) in [5.74, 6) is 1.29. The second-order valence-electron chi connectivity index (χ2n) is 7.40. The maximum absolute atomic E-state index is 13.2. The quantitative estimate of drug-likeness (QED) is 0.413. The number of hydrogen-bond donors (Lipinski definition) is 0. The number of pyridine rings is 2. The van der Waals surface area contributed by atoms with Gasteiger partial charge in [-0.2, -0.15) is 18.2 Å². The number of alkyl halides is 3. The van der Waals surface area contributed by atoms with Crippen LogP contribution >= 0.6 is 11.6 Å². The van der Waals surface area contributed by atoms with Crippen LogP contribution in [0.15, 0.2) is 36.8 Å². The van der Waals surface area contributed by atoms with Crippen molar-refractivity contribution in [2.45, 2.75) is 32.9 Å². The molecule has 3 heterocycles. The van der Waals surface area contributed by atoms with E-state index in [1.54, 1.807) is 20.2 Å². The lowest BCUT2D eigenvalue weighted by Gasteiger charge is -2.21. The second kappa shape index (κ2) is 9.68. The van der Waals surface area contributed by atoms with Gasteiger partial charge in [0.25, 0.3) is 0 Å². The summed E-state index contributed by atoms with van der Waals surface area (Å²) in [5, 5.41) is -0.0980. The molecule has 0 aliphatic heterocycles. The van der Waals surface area contributed by atoms with Gasteiger partial charge in [-0.25, -0.2) is 9.97 Å². The van der Waals surface area contributed by atoms with Crippen molar-refractivity contribution in [3.63, 3.8) is 0 Å². The molecule has 0 fully saturated rings. The largest absolute Gasteiger partial charge is 0.495 e. The number of nitrogens with zero attached hydrogens (tertiary/aromatic N) is 4. The third-order valence-electron chi connectivity index (χ3n) is 5.13. The lowest BCUT2D eigenvalue weighted by atomic mass is 9.93. The maximum Gasteiger partial charge on any atom is 0.417 e. The van der Waals surface area contributed by atoms with Crippen LogP contribution in [-0.4, -0.2) is 33.7 Å². The van der Waals surface area contributed by atoms with Crippen LogP contribution in [0.3, 0.4) is 0 Å². The van der Waals surface area contributed by atoms with Crippen molar-refractivity contribution in [1.29, 1.82) is 0 Å². The number of methoxy groups -OCH3 is 1. The molecule has 2 atom stereocenters. The Balaban J connectivity index is 1.84. The average molecular weight is 467 g/mol. The minimum absolute atomic E-state index is 0.0223. The van der Waals surface area contributed by atoms with E-state index in [0.717, 1.165) is 11.8 Å². The van der Waals surface area contributed by atoms with E-state index in [9.17, 15) is 13.2 Å². The first-order chi connectivity index (χ1) is 15.1. The third kappa shape index (κ3) is 5.45. The van der Waals surface area contributed by atoms with Crippen molar-refractivity contribution in [3.8, 4) is 22.8 Å². The Bertz CT molecular complexity index is 1080. The summed E-state index contributed by atoms with van der Waals surface area (Å²) in [6, 6.07) is 4.64. The number of ether oxygens (including phenoxy) is 2. The van der Waals surface area contributed by atoms with Crippen LogP contribution in [0.5, 0.6) is 11.6 Å². The molecule has 0 saturated carbocycles. The summed E-state index contributed by atoms with van der Waals surface area (Å²) < 4.78 is 50.6. The molecular formula is C22H22ClF3N4O2. The van der Waals surface area contributed by atoms with Gasteiger partial charge in [0, 0.05) is 29.6 Å². The summed E-state index contributed by atoms with van der Waals surface area (Å²) >= 11 is 6.10. The van der Waals surface area contributed by atoms with E-state index in [1.165, 1.54) is 6.20 Å². The smallest absolute Gasteiger partial charge is 0.417 e. The van der Waals surface area contributed by atoms with Crippen molar-refractivity contribution in [2.24, 2.45) is 5.92 Å². The van der Waals surface area contributed by atoms with Crippen molar-refractivity contribution in [1.82, 2.24) is 19.9 Å². The predicted molar refractivity (Wildman–Crippen MR) is 114 cm³/mol. The first kappa shape index (κ1) is 23.7. The van der Waals surface area contributed by atoms with Crippen molar-refractivity contribution in [2.75, 3.05) is 13.7 Å². The average Bonchev–Trinajstić information content (AvgIpc) is 2.77. The standard InChI is InChI=1S/C22H22ClF3N4O2/c1-12(13(2)19-6-5-16(31-4)9-28-19)11-32-21-18(10-27-14(3)30-21)17-7-15(22(24,25)26)8-29-20(17)23/h5-10,12-13H,11H2,1-4H3/t12-,13+/m1/s1. The molecule has 10 heteroatoms. The van der Waals surface area contributed by atoms with Gasteiger partial charge in [-0.3, -0.25) is 4.98 Å². The van der Waals surface area contributed by atoms with E-state index in [-0.39, 0.29) is 40.6 Å². The molecule has 0 amide bonds. The molecule has 3 rings (SSSR count). The maximum atomic E-state index is 13.2. The van der Waals surface area contributed by atoms with E-state index >= 15 is 0 Å². The topological polar surface area (TPSA) is 70.0 Å². The van der Waals surface area contributed by atoms with Crippen LogP contribution in [0.1, 0.15) is 36.8 Å². The van der Waals surface area contributed by atoms with E-state index in [0.29, 0.717) is 17.8 Å². The minimum atomic E-state index is -4.56. The van der Waals surface area contributed by atoms with Crippen molar-refractivity contribution >= 4 is 11.6 Å². The molecule has 0 bridgehead atoms. The fraction of sp³-hybridized carbons (Fsp3) is 0.364. The Kier molecular flexibility index (Phi) is 7.18. The number of rotatable bonds is 7. The van der Waals surface area contributed by atoms with Gasteiger partial charge in [-0.1, -0.05) is 25.4 Å². The van der Waals surface area contributed by atoms with E-state index in [1.807, 2.05) is 26.0 Å². The molecule has 0 N–H and O–H groups in total. The molecule has 6 nitrogen and oxygen atoms in total. The highest BCUT2D eigenvalue weighted by atomic mass is 35.5. The molecular weight excluding hydrogens is 445 g/mol. The molecule has 0 spiro atoms. The van der Waals surface area contributed by atoms with E-state index < -0.39 is 11.7 Å². The fourth-order valence-corrected chi connectivity index (χ4v) is 3.17. The Morgan fingerprint density at radius 3 is 2.41 bits per heavy atom. The van der Waals surface area contributed by atoms with Crippen LogP contribution in [0.25, 0.3) is 11.1 Å². The molecule has 170 valence electrons. The van der Waals surface area contributed by atoms with Gasteiger partial charge in [0.1, 0.15) is 16.7 Å². The first-order valence-electron chi connectivity index (χ1n) is 9.79. The summed E-state index contributed by atoms with van der Waals surface area (Å²) in [6.07, 6.45) is -0.838.